The van der Waals surface area contributed by atoms with Crippen LogP contribution in [0.2, 0.25) is 0 Å². The number of rotatable bonds is 5. The lowest BCUT2D eigenvalue weighted by Crippen LogP contribution is -2.60. The van der Waals surface area contributed by atoms with E-state index in [-0.39, 0.29) is 23.9 Å². The maximum atomic E-state index is 10.7. The van der Waals surface area contributed by atoms with Crippen LogP contribution in [0, 0.1) is 10.1 Å². The van der Waals surface area contributed by atoms with E-state index >= 15 is 0 Å². The predicted molar refractivity (Wildman–Crippen MR) is 68.5 cm³/mol. The lowest BCUT2D eigenvalue weighted by molar-refractivity contribution is -0.384. The van der Waals surface area contributed by atoms with Crippen molar-refractivity contribution in [1.82, 2.24) is 0 Å². The highest BCUT2D eigenvalue weighted by Gasteiger charge is 2.39. The Morgan fingerprint density at radius 1 is 1.61 bits per heavy atom. The maximum Gasteiger partial charge on any atom is 0.271 e. The van der Waals surface area contributed by atoms with Crippen LogP contribution in [0.1, 0.15) is 13.3 Å². The first kappa shape index (κ1) is 12.8. The molecule has 0 aliphatic heterocycles. The fourth-order valence-corrected chi connectivity index (χ4v) is 2.13. The first-order chi connectivity index (χ1) is 8.61. The summed E-state index contributed by atoms with van der Waals surface area (Å²) in [5.41, 5.74) is 6.69. The molecule has 0 heterocycles. The molecule has 0 aromatic heterocycles. The Labute approximate surface area is 105 Å². The van der Waals surface area contributed by atoms with Gasteiger partial charge in [0.15, 0.2) is 0 Å². The number of ether oxygens (including phenoxy) is 1. The van der Waals surface area contributed by atoms with Crippen LogP contribution in [0.15, 0.2) is 24.3 Å². The molecule has 6 heteroatoms. The Balaban J connectivity index is 2.04. The SMILES string of the molecule is CCOC1CC(N)C1Nc1cccc([N+](=O)[O-])c1. The van der Waals surface area contributed by atoms with Gasteiger partial charge in [-0.3, -0.25) is 10.1 Å². The molecule has 3 atom stereocenters. The summed E-state index contributed by atoms with van der Waals surface area (Å²) in [6.45, 7) is 2.58. The fourth-order valence-electron chi connectivity index (χ4n) is 2.13. The number of nitro groups is 1. The molecule has 0 bridgehead atoms. The van der Waals surface area contributed by atoms with E-state index in [1.165, 1.54) is 12.1 Å². The van der Waals surface area contributed by atoms with Crippen molar-refractivity contribution in [1.29, 1.82) is 0 Å². The third kappa shape index (κ3) is 2.60. The number of hydrogen-bond acceptors (Lipinski definition) is 5. The number of nitrogens with two attached hydrogens (primary N) is 1. The highest BCUT2D eigenvalue weighted by Crippen LogP contribution is 2.27. The highest BCUT2D eigenvalue weighted by atomic mass is 16.6. The van der Waals surface area contributed by atoms with Gasteiger partial charge in [-0.25, -0.2) is 0 Å². The third-order valence-electron chi connectivity index (χ3n) is 3.14. The van der Waals surface area contributed by atoms with E-state index in [4.69, 9.17) is 10.5 Å². The summed E-state index contributed by atoms with van der Waals surface area (Å²) in [6, 6.07) is 6.47. The third-order valence-corrected chi connectivity index (χ3v) is 3.14. The van der Waals surface area contributed by atoms with Crippen LogP contribution in [0.25, 0.3) is 0 Å². The average Bonchev–Trinajstić information content (AvgIpc) is 2.36. The quantitative estimate of drug-likeness (QED) is 0.611. The molecule has 2 rings (SSSR count). The molecule has 1 fully saturated rings. The summed E-state index contributed by atoms with van der Waals surface area (Å²) in [5, 5.41) is 13.9. The Hall–Kier alpha value is -1.66. The zero-order chi connectivity index (χ0) is 13.1. The van der Waals surface area contributed by atoms with E-state index in [1.54, 1.807) is 12.1 Å². The molecular weight excluding hydrogens is 234 g/mol. The second-order valence-electron chi connectivity index (χ2n) is 4.37. The summed E-state index contributed by atoms with van der Waals surface area (Å²) < 4.78 is 5.53. The normalized spacial score (nSPS) is 26.4. The molecule has 3 N–H and O–H groups in total. The van der Waals surface area contributed by atoms with Crippen molar-refractivity contribution in [2.45, 2.75) is 31.5 Å². The number of nitrogens with zero attached hydrogens (tertiary/aromatic N) is 1. The molecule has 0 radical (unpaired) electrons. The first-order valence-electron chi connectivity index (χ1n) is 6.00. The molecular formula is C12H17N3O3. The molecule has 98 valence electrons. The van der Waals surface area contributed by atoms with Crippen LogP contribution in [0.3, 0.4) is 0 Å². The number of non-ortho nitro benzene ring substituents is 1. The van der Waals surface area contributed by atoms with Crippen molar-refractivity contribution in [2.75, 3.05) is 11.9 Å². The molecule has 3 unspecified atom stereocenters. The van der Waals surface area contributed by atoms with Crippen LogP contribution in [0.4, 0.5) is 11.4 Å². The Morgan fingerprint density at radius 3 is 3.00 bits per heavy atom. The van der Waals surface area contributed by atoms with Gasteiger partial charge in [-0.1, -0.05) is 6.07 Å². The zero-order valence-electron chi connectivity index (χ0n) is 10.2. The largest absolute Gasteiger partial charge is 0.378 e. The van der Waals surface area contributed by atoms with Gasteiger partial charge in [0, 0.05) is 30.5 Å². The van der Waals surface area contributed by atoms with Crippen LogP contribution in [-0.2, 0) is 4.74 Å². The van der Waals surface area contributed by atoms with E-state index < -0.39 is 4.92 Å². The molecule has 0 amide bonds. The van der Waals surface area contributed by atoms with E-state index in [2.05, 4.69) is 5.32 Å². The second kappa shape index (κ2) is 5.32. The van der Waals surface area contributed by atoms with Gasteiger partial charge in [0.05, 0.1) is 17.1 Å². The first-order valence-corrected chi connectivity index (χ1v) is 6.00. The predicted octanol–water partition coefficient (Wildman–Crippen LogP) is 1.51. The molecule has 1 aliphatic rings. The van der Waals surface area contributed by atoms with E-state index in [0.717, 1.165) is 6.42 Å². The molecule has 1 aliphatic carbocycles. The Bertz CT molecular complexity index is 436. The van der Waals surface area contributed by atoms with Gasteiger partial charge in [0.1, 0.15) is 0 Å². The minimum absolute atomic E-state index is 0.0203. The number of nitro benzene ring substituents is 1. The van der Waals surface area contributed by atoms with Crippen molar-refractivity contribution in [3.63, 3.8) is 0 Å². The molecule has 1 aromatic carbocycles. The smallest absolute Gasteiger partial charge is 0.271 e. The van der Waals surface area contributed by atoms with Gasteiger partial charge in [0.25, 0.3) is 5.69 Å². The molecule has 1 aromatic rings. The number of benzene rings is 1. The van der Waals surface area contributed by atoms with Crippen LogP contribution < -0.4 is 11.1 Å². The summed E-state index contributed by atoms with van der Waals surface area (Å²) in [5.74, 6) is 0. The summed E-state index contributed by atoms with van der Waals surface area (Å²) in [4.78, 5) is 10.3. The number of anilines is 1. The van der Waals surface area contributed by atoms with Crippen molar-refractivity contribution in [3.05, 3.63) is 34.4 Å². The van der Waals surface area contributed by atoms with Crippen molar-refractivity contribution < 1.29 is 9.66 Å². The monoisotopic (exact) mass is 251 g/mol. The molecule has 6 nitrogen and oxygen atoms in total. The number of hydrogen-bond donors (Lipinski definition) is 2. The zero-order valence-corrected chi connectivity index (χ0v) is 10.2. The average molecular weight is 251 g/mol. The summed E-state index contributed by atoms with van der Waals surface area (Å²) in [6.07, 6.45) is 0.907. The van der Waals surface area contributed by atoms with Gasteiger partial charge < -0.3 is 15.8 Å². The summed E-state index contributed by atoms with van der Waals surface area (Å²) in [7, 11) is 0. The highest BCUT2D eigenvalue weighted by molar-refractivity contribution is 5.52. The van der Waals surface area contributed by atoms with Crippen LogP contribution in [0.5, 0.6) is 0 Å². The second-order valence-corrected chi connectivity index (χ2v) is 4.37. The van der Waals surface area contributed by atoms with Crippen molar-refractivity contribution >= 4 is 11.4 Å². The Kier molecular flexibility index (Phi) is 3.78. The molecule has 0 saturated heterocycles. The topological polar surface area (TPSA) is 90.4 Å². The lowest BCUT2D eigenvalue weighted by atomic mass is 9.83. The van der Waals surface area contributed by atoms with Crippen molar-refractivity contribution in [3.8, 4) is 0 Å². The standard InChI is InChI=1S/C12H17N3O3/c1-2-18-11-7-10(13)12(11)14-8-4-3-5-9(6-8)15(16)17/h3-6,10-12,14H,2,7,13H2,1H3. The van der Waals surface area contributed by atoms with E-state index in [0.29, 0.717) is 12.3 Å². The minimum atomic E-state index is -0.411. The maximum absolute atomic E-state index is 10.7. The van der Waals surface area contributed by atoms with Crippen LogP contribution >= 0.6 is 0 Å². The fraction of sp³-hybridized carbons (Fsp3) is 0.500. The van der Waals surface area contributed by atoms with E-state index in [1.807, 2.05) is 6.92 Å². The van der Waals surface area contributed by atoms with Gasteiger partial charge in [-0.05, 0) is 19.4 Å². The van der Waals surface area contributed by atoms with Gasteiger partial charge in [0.2, 0.25) is 0 Å². The van der Waals surface area contributed by atoms with Gasteiger partial charge in [-0.15, -0.1) is 0 Å². The van der Waals surface area contributed by atoms with Crippen LogP contribution in [-0.4, -0.2) is 29.7 Å². The molecule has 1 saturated carbocycles. The lowest BCUT2D eigenvalue weighted by Gasteiger charge is -2.43. The number of nitrogens with one attached hydrogen (secondary N) is 1. The van der Waals surface area contributed by atoms with Gasteiger partial charge >= 0.3 is 0 Å². The molecule has 18 heavy (non-hydrogen) atoms. The van der Waals surface area contributed by atoms with Gasteiger partial charge in [-0.2, -0.15) is 0 Å². The Morgan fingerprint density at radius 2 is 2.39 bits per heavy atom. The summed E-state index contributed by atoms with van der Waals surface area (Å²) >= 11 is 0. The van der Waals surface area contributed by atoms with E-state index in [9.17, 15) is 10.1 Å². The van der Waals surface area contributed by atoms with Crippen molar-refractivity contribution in [2.24, 2.45) is 5.73 Å². The minimum Gasteiger partial charge on any atom is -0.378 e. The molecule has 0 spiro atoms.